The molecule has 17 heteroatoms. The summed E-state index contributed by atoms with van der Waals surface area (Å²) in [4.78, 5) is 56.7. The number of carbonyl (C=O) groups excluding carboxylic acids is 4. The predicted molar refractivity (Wildman–Crippen MR) is 218 cm³/mol. The third kappa shape index (κ3) is 15.9. The molecule has 1 aromatic heterocycles. The molecule has 1 heterocycles. The second-order valence-corrected chi connectivity index (χ2v) is 16.4. The van der Waals surface area contributed by atoms with Gasteiger partial charge in [0.1, 0.15) is 23.4 Å². The molecule has 10 N–H and O–H groups in total. The van der Waals surface area contributed by atoms with Gasteiger partial charge in [-0.15, -0.1) is 0 Å². The number of benzene rings is 2. The first-order chi connectivity index (χ1) is 27.1. The Bertz CT molecular complexity index is 1840. The Morgan fingerprint density at radius 2 is 1.52 bits per heavy atom. The molecular weight excluding hydrogens is 747 g/mol. The maximum absolute atomic E-state index is 14.3. The number of nitrogens with two attached hydrogens (primary N) is 2. The number of carbonyl (C=O) groups is 4. The number of primary amides is 1. The Hall–Kier alpha value is -5.87. The van der Waals surface area contributed by atoms with Crippen LogP contribution in [0.3, 0.4) is 0 Å². The maximum atomic E-state index is 14.3. The number of hydrogen-bond acceptors (Lipinski definition) is 11. The van der Waals surface area contributed by atoms with Crippen LogP contribution in [-0.2, 0) is 37.3 Å². The SMILES string of the molecule is Cc1cc(O)cc(C)c1CC(NC(=O)C(CCCNC(=N)N)OC(N)=O)C(=O)NC(CCCCNC(=O)OC(C)(C)C)c1nc(Cc2ccc(C(C)(C)C)cc2)no1. The molecule has 0 aliphatic rings. The van der Waals surface area contributed by atoms with Gasteiger partial charge < -0.3 is 51.8 Å². The number of alkyl carbamates (subject to hydrolysis) is 1. The number of nitrogens with zero attached hydrogens (tertiary/aromatic N) is 2. The molecular formula is C41H61N9O8. The number of aromatic hydroxyl groups is 1. The molecule has 0 aliphatic carbocycles. The molecule has 0 saturated carbocycles. The topological polar surface area (TPSA) is 270 Å². The minimum Gasteiger partial charge on any atom is -0.508 e. The summed E-state index contributed by atoms with van der Waals surface area (Å²) in [7, 11) is 0. The lowest BCUT2D eigenvalue weighted by molar-refractivity contribution is -0.134. The van der Waals surface area contributed by atoms with Gasteiger partial charge in [0.25, 0.3) is 5.91 Å². The van der Waals surface area contributed by atoms with Crippen LogP contribution >= 0.6 is 0 Å². The number of unbranched alkanes of at least 4 members (excludes halogenated alkanes) is 1. The smallest absolute Gasteiger partial charge is 0.407 e. The number of guanidine groups is 1. The van der Waals surface area contributed by atoms with Crippen LogP contribution < -0.4 is 32.7 Å². The zero-order valence-corrected chi connectivity index (χ0v) is 34.9. The van der Waals surface area contributed by atoms with E-state index >= 15 is 0 Å². The van der Waals surface area contributed by atoms with Gasteiger partial charge in [0.15, 0.2) is 17.9 Å². The lowest BCUT2D eigenvalue weighted by Gasteiger charge is -2.25. The third-order valence-electron chi connectivity index (χ3n) is 9.10. The summed E-state index contributed by atoms with van der Waals surface area (Å²) in [5.41, 5.74) is 14.3. The summed E-state index contributed by atoms with van der Waals surface area (Å²) in [5.74, 6) is -0.995. The number of ether oxygens (including phenoxy) is 2. The summed E-state index contributed by atoms with van der Waals surface area (Å²) in [6, 6.07) is 9.29. The first-order valence-electron chi connectivity index (χ1n) is 19.4. The van der Waals surface area contributed by atoms with E-state index in [2.05, 4.69) is 64.3 Å². The molecule has 0 bridgehead atoms. The Morgan fingerprint density at radius 3 is 2.10 bits per heavy atom. The zero-order valence-electron chi connectivity index (χ0n) is 34.9. The van der Waals surface area contributed by atoms with Crippen LogP contribution in [0, 0.1) is 19.3 Å². The van der Waals surface area contributed by atoms with Crippen molar-refractivity contribution in [2.24, 2.45) is 11.5 Å². The highest BCUT2D eigenvalue weighted by molar-refractivity contribution is 5.90. The number of amides is 4. The van der Waals surface area contributed by atoms with Gasteiger partial charge in [-0.3, -0.25) is 15.0 Å². The van der Waals surface area contributed by atoms with E-state index in [1.807, 2.05) is 12.1 Å². The number of hydrogen-bond donors (Lipinski definition) is 8. The summed E-state index contributed by atoms with van der Waals surface area (Å²) < 4.78 is 16.2. The van der Waals surface area contributed by atoms with Crippen molar-refractivity contribution in [3.8, 4) is 5.75 Å². The molecule has 0 saturated heterocycles. The Morgan fingerprint density at radius 1 is 0.879 bits per heavy atom. The van der Waals surface area contributed by atoms with E-state index < -0.39 is 47.8 Å². The molecule has 318 valence electrons. The maximum Gasteiger partial charge on any atom is 0.407 e. The molecule has 2 aromatic carbocycles. The van der Waals surface area contributed by atoms with E-state index in [0.29, 0.717) is 54.7 Å². The molecule has 3 aromatic rings. The number of phenols is 1. The van der Waals surface area contributed by atoms with Gasteiger partial charge in [-0.1, -0.05) is 50.2 Å². The lowest BCUT2D eigenvalue weighted by atomic mass is 9.86. The first-order valence-corrected chi connectivity index (χ1v) is 19.4. The molecule has 3 unspecified atom stereocenters. The average molecular weight is 808 g/mol. The molecule has 4 amide bonds. The molecule has 0 fully saturated rings. The summed E-state index contributed by atoms with van der Waals surface area (Å²) in [6.45, 7) is 15.9. The normalized spacial score (nSPS) is 13.1. The highest BCUT2D eigenvalue weighted by atomic mass is 16.6. The molecule has 17 nitrogen and oxygen atoms in total. The molecule has 3 rings (SSSR count). The number of aromatic nitrogens is 2. The summed E-state index contributed by atoms with van der Waals surface area (Å²) in [6.07, 6.45) is -0.997. The fourth-order valence-corrected chi connectivity index (χ4v) is 6.16. The van der Waals surface area contributed by atoms with Gasteiger partial charge >= 0.3 is 12.2 Å². The predicted octanol–water partition coefficient (Wildman–Crippen LogP) is 4.59. The van der Waals surface area contributed by atoms with E-state index in [0.717, 1.165) is 5.56 Å². The van der Waals surface area contributed by atoms with Gasteiger partial charge in [-0.2, -0.15) is 4.98 Å². The van der Waals surface area contributed by atoms with Crippen LogP contribution in [0.1, 0.15) is 119 Å². The number of nitrogens with one attached hydrogen (secondary N) is 5. The van der Waals surface area contributed by atoms with E-state index in [-0.39, 0.29) is 48.8 Å². The third-order valence-corrected chi connectivity index (χ3v) is 9.10. The Labute approximate surface area is 340 Å². The largest absolute Gasteiger partial charge is 0.508 e. The van der Waals surface area contributed by atoms with Crippen LogP contribution in [0.4, 0.5) is 9.59 Å². The van der Waals surface area contributed by atoms with Gasteiger partial charge in [0.05, 0.1) is 0 Å². The van der Waals surface area contributed by atoms with Crippen molar-refractivity contribution in [2.75, 3.05) is 13.1 Å². The molecule has 0 aliphatic heterocycles. The zero-order chi connectivity index (χ0) is 43.2. The van der Waals surface area contributed by atoms with E-state index in [9.17, 15) is 24.3 Å². The minimum atomic E-state index is -1.35. The standard InChI is InChI=1S/C41H61N9O8/c1-24-20-28(51)21-25(2)29(24)23-31(48-35(53)32(56-38(44)54)13-11-19-45-37(42)43)34(52)47-30(12-9-10-18-46-39(55)57-41(6,7)8)36-49-33(50-58-36)22-26-14-16-27(17-15-26)40(3,4)5/h14-17,20-21,30-32,51H,9-13,18-19,22-23H2,1-8H3,(H2,44,54)(H,46,55)(H,47,52)(H,48,53)(H4,42,43,45). The van der Waals surface area contributed by atoms with Crippen molar-refractivity contribution < 1.29 is 38.3 Å². The summed E-state index contributed by atoms with van der Waals surface area (Å²) >= 11 is 0. The van der Waals surface area contributed by atoms with Crippen LogP contribution in [0.15, 0.2) is 40.9 Å². The molecule has 0 radical (unpaired) electrons. The fourth-order valence-electron chi connectivity index (χ4n) is 6.16. The van der Waals surface area contributed by atoms with Crippen molar-refractivity contribution >= 4 is 30.0 Å². The van der Waals surface area contributed by atoms with Crippen LogP contribution in [0.25, 0.3) is 0 Å². The van der Waals surface area contributed by atoms with Gasteiger partial charge in [-0.25, -0.2) is 9.59 Å². The van der Waals surface area contributed by atoms with Gasteiger partial charge in [0.2, 0.25) is 11.8 Å². The quantitative estimate of drug-likeness (QED) is 0.0470. The lowest BCUT2D eigenvalue weighted by Crippen LogP contribution is -2.52. The monoisotopic (exact) mass is 807 g/mol. The second kappa shape index (κ2) is 21.0. The van der Waals surface area contributed by atoms with Crippen molar-refractivity contribution in [1.29, 1.82) is 5.41 Å². The van der Waals surface area contributed by atoms with Crippen molar-refractivity contribution in [1.82, 2.24) is 31.4 Å². The van der Waals surface area contributed by atoms with Crippen LogP contribution in [0.5, 0.6) is 5.75 Å². The fraction of sp³-hybridized carbons (Fsp3) is 0.537. The highest BCUT2D eigenvalue weighted by Crippen LogP contribution is 2.25. The van der Waals surface area contributed by atoms with E-state index in [1.54, 1.807) is 46.8 Å². The van der Waals surface area contributed by atoms with E-state index in [4.69, 9.17) is 30.9 Å². The van der Waals surface area contributed by atoms with E-state index in [1.165, 1.54) is 5.56 Å². The number of rotatable bonds is 19. The van der Waals surface area contributed by atoms with Crippen molar-refractivity contribution in [2.45, 2.75) is 130 Å². The van der Waals surface area contributed by atoms with Gasteiger partial charge in [-0.05, 0) is 112 Å². The Balaban J connectivity index is 1.90. The molecule has 0 spiro atoms. The van der Waals surface area contributed by atoms with Crippen molar-refractivity contribution in [3.63, 3.8) is 0 Å². The van der Waals surface area contributed by atoms with Crippen LogP contribution in [0.2, 0.25) is 0 Å². The number of phenolic OH excluding ortho intramolecular Hbond substituents is 1. The molecule has 58 heavy (non-hydrogen) atoms. The highest BCUT2D eigenvalue weighted by Gasteiger charge is 2.31. The molecule has 3 atom stereocenters. The average Bonchev–Trinajstić information content (AvgIpc) is 3.56. The first kappa shape index (κ1) is 46.5. The van der Waals surface area contributed by atoms with Crippen molar-refractivity contribution in [3.05, 3.63) is 75.9 Å². The number of aryl methyl sites for hydroxylation is 2. The second-order valence-electron chi connectivity index (χ2n) is 16.4. The minimum absolute atomic E-state index is 0.00770. The van der Waals surface area contributed by atoms with Crippen LogP contribution in [-0.4, -0.2) is 76.0 Å². The Kier molecular flexibility index (Phi) is 16.9. The summed E-state index contributed by atoms with van der Waals surface area (Å²) in [5, 5.41) is 32.9. The van der Waals surface area contributed by atoms with Gasteiger partial charge in [0, 0.05) is 25.9 Å².